The molecule has 0 aromatic carbocycles. The standard InChI is InChI=1S/C73H128O17P2/c1-5-9-13-17-21-25-29-32-33-36-39-42-46-50-54-58-71(76)84-63-68(89-72(77)59-55-51-47-43-37-28-24-20-16-12-8-4)65-87-91(79,80)85-61-67(74)62-86-92(81,82)88-66-69(90-73(78)60-56-52-48-44-40-35-31-27-23-19-15-11-7-3)64-83-70(75)57-53-49-45-41-38-34-30-26-22-18-14-10-6-2/h14-15,18-21,24-27,30-33,67-69,74H,5-13,16-17,22-23,28-29,34-66H2,1-4H3,(H,79,80)(H,81,82)/b18-14-,19-15-,24-20-,25-21-,30-26-,31-27-,33-32-. The van der Waals surface area contributed by atoms with Gasteiger partial charge in [-0.1, -0.05) is 228 Å². The van der Waals surface area contributed by atoms with E-state index in [0.29, 0.717) is 25.7 Å². The SMILES string of the molecule is CCC/C=C\C/C=C\CCCCCCCC(=O)OCC(COP(=O)(O)OCC(O)COP(=O)(O)OCC(COC(=O)CCCCCCC/C=C\C/C=C\CCCCC)OC(=O)CCCCCCC/C=C\CCCC)OC(=O)CCCCCCC/C=C\C/C=C\CCC. The van der Waals surface area contributed by atoms with Crippen molar-refractivity contribution in [2.24, 2.45) is 0 Å². The first kappa shape index (κ1) is 88.2. The molecule has 0 fully saturated rings. The Morgan fingerprint density at radius 1 is 0.304 bits per heavy atom. The Kier molecular flexibility index (Phi) is 63.2. The van der Waals surface area contributed by atoms with Crippen LogP contribution < -0.4 is 0 Å². The number of carbonyl (C=O) groups excluding carboxylic acids is 4. The number of aliphatic hydroxyl groups excluding tert-OH is 1. The summed E-state index contributed by atoms with van der Waals surface area (Å²) in [5.74, 6) is -2.22. The summed E-state index contributed by atoms with van der Waals surface area (Å²) in [5, 5.41) is 10.6. The van der Waals surface area contributed by atoms with Crippen LogP contribution in [0.15, 0.2) is 85.1 Å². The molecule has 17 nitrogen and oxygen atoms in total. The highest BCUT2D eigenvalue weighted by atomic mass is 31.2. The smallest absolute Gasteiger partial charge is 0.462 e. The number of allylic oxidation sites excluding steroid dienone is 14. The molecule has 19 heteroatoms. The second kappa shape index (κ2) is 65.9. The van der Waals surface area contributed by atoms with Gasteiger partial charge in [-0.2, -0.15) is 0 Å². The summed E-state index contributed by atoms with van der Waals surface area (Å²) in [6.07, 6.45) is 64.5. The lowest BCUT2D eigenvalue weighted by molar-refractivity contribution is -0.161. The summed E-state index contributed by atoms with van der Waals surface area (Å²) in [6, 6.07) is 0. The van der Waals surface area contributed by atoms with Crippen molar-refractivity contribution < 1.29 is 80.2 Å². The molecule has 0 aliphatic rings. The molecule has 3 N–H and O–H groups in total. The molecule has 0 rings (SSSR count). The van der Waals surface area contributed by atoms with Crippen molar-refractivity contribution >= 4 is 39.5 Å². The van der Waals surface area contributed by atoms with Gasteiger partial charge in [0.15, 0.2) is 12.2 Å². The average Bonchev–Trinajstić information content (AvgIpc) is 3.33. The molecule has 92 heavy (non-hydrogen) atoms. The molecule has 5 unspecified atom stereocenters. The molecule has 0 bridgehead atoms. The van der Waals surface area contributed by atoms with Crippen LogP contribution in [0.5, 0.6) is 0 Å². The minimum absolute atomic E-state index is 0.0760. The zero-order valence-corrected chi connectivity index (χ0v) is 59.5. The number of hydrogen-bond donors (Lipinski definition) is 3. The van der Waals surface area contributed by atoms with E-state index in [1.54, 1.807) is 0 Å². The number of rotatable bonds is 67. The summed E-state index contributed by atoms with van der Waals surface area (Å²) in [7, 11) is -9.94. The Balaban J connectivity index is 5.34. The lowest BCUT2D eigenvalue weighted by Gasteiger charge is -2.21. The van der Waals surface area contributed by atoms with E-state index in [1.807, 2.05) is 0 Å². The molecule has 0 saturated heterocycles. The number of ether oxygens (including phenoxy) is 4. The van der Waals surface area contributed by atoms with E-state index in [1.165, 1.54) is 32.1 Å². The third-order valence-electron chi connectivity index (χ3n) is 14.8. The summed E-state index contributed by atoms with van der Waals surface area (Å²) in [6.45, 7) is 4.61. The quantitative estimate of drug-likeness (QED) is 0.0169. The number of phosphoric ester groups is 2. The van der Waals surface area contributed by atoms with Gasteiger partial charge in [0.1, 0.15) is 19.3 Å². The molecular weight excluding hydrogens is 1210 g/mol. The Morgan fingerprint density at radius 3 is 0.891 bits per heavy atom. The Bertz CT molecular complexity index is 2090. The molecule has 5 atom stereocenters. The van der Waals surface area contributed by atoms with Gasteiger partial charge in [-0.15, -0.1) is 0 Å². The van der Waals surface area contributed by atoms with Crippen LogP contribution in [0.1, 0.15) is 297 Å². The average molecular weight is 1340 g/mol. The molecule has 0 spiro atoms. The van der Waals surface area contributed by atoms with Crippen LogP contribution in [0, 0.1) is 0 Å². The van der Waals surface area contributed by atoms with Gasteiger partial charge in [0.25, 0.3) is 0 Å². The maximum Gasteiger partial charge on any atom is 0.472 e. The fourth-order valence-corrected chi connectivity index (χ4v) is 10.8. The highest BCUT2D eigenvalue weighted by Gasteiger charge is 2.30. The van der Waals surface area contributed by atoms with Crippen molar-refractivity contribution in [1.82, 2.24) is 0 Å². The molecule has 0 radical (unpaired) electrons. The van der Waals surface area contributed by atoms with Crippen molar-refractivity contribution in [2.75, 3.05) is 39.6 Å². The normalized spacial score (nSPS) is 14.6. The van der Waals surface area contributed by atoms with Crippen molar-refractivity contribution in [3.8, 4) is 0 Å². The van der Waals surface area contributed by atoms with Gasteiger partial charge < -0.3 is 33.8 Å². The van der Waals surface area contributed by atoms with Crippen molar-refractivity contribution in [3.05, 3.63) is 85.1 Å². The third-order valence-corrected chi connectivity index (χ3v) is 16.7. The van der Waals surface area contributed by atoms with Crippen LogP contribution in [0.3, 0.4) is 0 Å². The van der Waals surface area contributed by atoms with Crippen LogP contribution in [-0.4, -0.2) is 96.7 Å². The van der Waals surface area contributed by atoms with Gasteiger partial charge in [-0.05, 0) is 128 Å². The fourth-order valence-electron chi connectivity index (χ4n) is 9.25. The van der Waals surface area contributed by atoms with E-state index >= 15 is 0 Å². The van der Waals surface area contributed by atoms with Gasteiger partial charge in [-0.25, -0.2) is 9.13 Å². The maximum absolute atomic E-state index is 13.0. The van der Waals surface area contributed by atoms with E-state index in [0.717, 1.165) is 186 Å². The minimum Gasteiger partial charge on any atom is -0.462 e. The van der Waals surface area contributed by atoms with Crippen LogP contribution >= 0.6 is 15.6 Å². The Morgan fingerprint density at radius 2 is 0.565 bits per heavy atom. The molecule has 0 aromatic rings. The topological polar surface area (TPSA) is 237 Å². The monoisotopic (exact) mass is 1340 g/mol. The summed E-state index contributed by atoms with van der Waals surface area (Å²) in [4.78, 5) is 72.6. The van der Waals surface area contributed by atoms with E-state index in [4.69, 9.17) is 37.0 Å². The highest BCUT2D eigenvalue weighted by Crippen LogP contribution is 2.45. The first-order valence-electron chi connectivity index (χ1n) is 35.8. The Labute approximate surface area is 557 Å². The number of esters is 4. The Hall–Kier alpha value is -3.76. The first-order valence-corrected chi connectivity index (χ1v) is 38.8. The van der Waals surface area contributed by atoms with Crippen LogP contribution in [-0.2, 0) is 65.4 Å². The predicted molar refractivity (Wildman–Crippen MR) is 372 cm³/mol. The van der Waals surface area contributed by atoms with Gasteiger partial charge in [0.2, 0.25) is 0 Å². The summed E-state index contributed by atoms with van der Waals surface area (Å²) >= 11 is 0. The summed E-state index contributed by atoms with van der Waals surface area (Å²) < 4.78 is 68.2. The number of hydrogen-bond acceptors (Lipinski definition) is 15. The highest BCUT2D eigenvalue weighted by molar-refractivity contribution is 7.47. The number of carbonyl (C=O) groups is 4. The zero-order chi connectivity index (χ0) is 67.5. The van der Waals surface area contributed by atoms with Gasteiger partial charge in [0, 0.05) is 25.7 Å². The second-order valence-corrected chi connectivity index (χ2v) is 26.7. The number of phosphoric acid groups is 2. The molecule has 0 aliphatic heterocycles. The molecule has 0 aliphatic carbocycles. The largest absolute Gasteiger partial charge is 0.472 e. The lowest BCUT2D eigenvalue weighted by atomic mass is 10.1. The van der Waals surface area contributed by atoms with E-state index in [-0.39, 0.29) is 25.7 Å². The molecule has 0 saturated carbocycles. The molecule has 0 amide bonds. The van der Waals surface area contributed by atoms with Gasteiger partial charge >= 0.3 is 39.5 Å². The molecule has 0 aromatic heterocycles. The van der Waals surface area contributed by atoms with Gasteiger partial charge in [0.05, 0.1) is 26.4 Å². The zero-order valence-electron chi connectivity index (χ0n) is 57.7. The summed E-state index contributed by atoms with van der Waals surface area (Å²) in [5.41, 5.74) is 0. The van der Waals surface area contributed by atoms with Crippen molar-refractivity contribution in [2.45, 2.75) is 316 Å². The van der Waals surface area contributed by atoms with Crippen LogP contribution in [0.2, 0.25) is 0 Å². The maximum atomic E-state index is 13.0. The number of unbranched alkanes of at least 4 members (excludes halogenated alkanes) is 27. The first-order chi connectivity index (χ1) is 44.7. The van der Waals surface area contributed by atoms with Crippen LogP contribution in [0.25, 0.3) is 0 Å². The molecular formula is C73H128O17P2. The van der Waals surface area contributed by atoms with E-state index in [2.05, 4.69) is 113 Å². The third kappa shape index (κ3) is 64.9. The fraction of sp³-hybridized carbons (Fsp3) is 0.753. The van der Waals surface area contributed by atoms with E-state index in [9.17, 15) is 43.2 Å². The molecule has 532 valence electrons. The van der Waals surface area contributed by atoms with Crippen LogP contribution in [0.4, 0.5) is 0 Å². The van der Waals surface area contributed by atoms with Crippen molar-refractivity contribution in [3.63, 3.8) is 0 Å². The minimum atomic E-state index is -4.97. The molecule has 0 heterocycles. The van der Waals surface area contributed by atoms with Gasteiger partial charge in [-0.3, -0.25) is 37.3 Å². The van der Waals surface area contributed by atoms with E-state index < -0.39 is 97.5 Å². The lowest BCUT2D eigenvalue weighted by Crippen LogP contribution is -2.30. The predicted octanol–water partition coefficient (Wildman–Crippen LogP) is 19.9. The van der Waals surface area contributed by atoms with Crippen molar-refractivity contribution in [1.29, 1.82) is 0 Å². The second-order valence-electron chi connectivity index (χ2n) is 23.8. The number of aliphatic hydroxyl groups is 1.